The van der Waals surface area contributed by atoms with Gasteiger partial charge in [0.15, 0.2) is 5.16 Å². The van der Waals surface area contributed by atoms with Crippen LogP contribution in [0.5, 0.6) is 0 Å². The van der Waals surface area contributed by atoms with Crippen molar-refractivity contribution >= 4 is 17.7 Å². The number of nitrogens with one attached hydrogen (secondary N) is 1. The number of aromatic nitrogens is 2. The van der Waals surface area contributed by atoms with Gasteiger partial charge in [-0.25, -0.2) is 4.98 Å². The summed E-state index contributed by atoms with van der Waals surface area (Å²) in [4.78, 5) is 17.8. The molecule has 1 aromatic rings. The number of imidazole rings is 1. The monoisotopic (exact) mass is 389 g/mol. The van der Waals surface area contributed by atoms with Gasteiger partial charge < -0.3 is 9.88 Å². The molecular formula is C22H35N3OS. The van der Waals surface area contributed by atoms with Gasteiger partial charge in [0, 0.05) is 17.8 Å². The summed E-state index contributed by atoms with van der Waals surface area (Å²) < 4.78 is 2.30. The van der Waals surface area contributed by atoms with Crippen LogP contribution in [0.4, 0.5) is 0 Å². The van der Waals surface area contributed by atoms with Gasteiger partial charge in [-0.05, 0) is 83.5 Å². The van der Waals surface area contributed by atoms with Crippen molar-refractivity contribution in [3.8, 4) is 0 Å². The van der Waals surface area contributed by atoms with Crippen LogP contribution in [0.3, 0.4) is 0 Å². The van der Waals surface area contributed by atoms with Crippen LogP contribution in [0.1, 0.15) is 76.6 Å². The lowest BCUT2D eigenvalue weighted by molar-refractivity contribution is -0.126. The molecule has 1 heterocycles. The van der Waals surface area contributed by atoms with Crippen molar-refractivity contribution < 1.29 is 4.79 Å². The van der Waals surface area contributed by atoms with Crippen LogP contribution in [0, 0.1) is 31.6 Å². The Labute approximate surface area is 168 Å². The predicted octanol–water partition coefficient (Wildman–Crippen LogP) is 4.87. The van der Waals surface area contributed by atoms with Crippen molar-refractivity contribution in [1.82, 2.24) is 14.9 Å². The summed E-state index contributed by atoms with van der Waals surface area (Å²) in [7, 11) is 0. The van der Waals surface area contributed by atoms with Crippen LogP contribution in [0.15, 0.2) is 5.16 Å². The smallest absolute Gasteiger partial charge is 0.233 e. The van der Waals surface area contributed by atoms with Crippen molar-refractivity contribution in [3.63, 3.8) is 0 Å². The average molecular weight is 390 g/mol. The molecule has 1 aromatic heterocycles. The van der Waals surface area contributed by atoms with E-state index in [1.54, 1.807) is 11.8 Å². The zero-order valence-corrected chi connectivity index (χ0v) is 18.2. The van der Waals surface area contributed by atoms with Gasteiger partial charge in [0.2, 0.25) is 5.91 Å². The largest absolute Gasteiger partial charge is 0.350 e. The highest BCUT2D eigenvalue weighted by molar-refractivity contribution is 8.00. The van der Waals surface area contributed by atoms with Gasteiger partial charge in [-0.3, -0.25) is 4.79 Å². The van der Waals surface area contributed by atoms with E-state index < -0.39 is 0 Å². The summed E-state index contributed by atoms with van der Waals surface area (Å²) in [6, 6.07) is 0. The molecule has 5 rings (SSSR count). The average Bonchev–Trinajstić information content (AvgIpc) is 2.85. The highest BCUT2D eigenvalue weighted by Gasteiger charge is 2.51. The molecule has 1 unspecified atom stereocenters. The molecular weight excluding hydrogens is 354 g/mol. The number of carbonyl (C=O) groups excluding carboxylic acids is 1. The summed E-state index contributed by atoms with van der Waals surface area (Å²) in [5.41, 5.74) is 2.42. The number of carbonyl (C=O) groups is 1. The van der Waals surface area contributed by atoms with E-state index in [0.29, 0.717) is 0 Å². The minimum absolute atomic E-state index is 0.0976. The predicted molar refractivity (Wildman–Crippen MR) is 111 cm³/mol. The van der Waals surface area contributed by atoms with E-state index in [-0.39, 0.29) is 16.7 Å². The summed E-state index contributed by atoms with van der Waals surface area (Å²) in [5.74, 6) is 2.79. The second-order valence-corrected chi connectivity index (χ2v) is 10.8. The van der Waals surface area contributed by atoms with E-state index in [9.17, 15) is 4.79 Å². The minimum Gasteiger partial charge on any atom is -0.350 e. The third-order valence-corrected chi connectivity index (χ3v) is 8.33. The molecule has 4 fully saturated rings. The van der Waals surface area contributed by atoms with Crippen LogP contribution in [0.2, 0.25) is 0 Å². The molecule has 0 aliphatic heterocycles. The van der Waals surface area contributed by atoms with Crippen LogP contribution in [0.25, 0.3) is 0 Å². The van der Waals surface area contributed by atoms with Crippen molar-refractivity contribution in [2.24, 2.45) is 17.8 Å². The zero-order chi connectivity index (χ0) is 19.2. The van der Waals surface area contributed by atoms with Gasteiger partial charge in [0.25, 0.3) is 0 Å². The van der Waals surface area contributed by atoms with E-state index in [2.05, 4.69) is 30.7 Å². The normalized spacial score (nSPS) is 32.7. The third kappa shape index (κ3) is 3.81. The van der Waals surface area contributed by atoms with Gasteiger partial charge >= 0.3 is 0 Å². The van der Waals surface area contributed by atoms with Crippen molar-refractivity contribution in [3.05, 3.63) is 11.4 Å². The Morgan fingerprint density at radius 1 is 1.22 bits per heavy atom. The maximum absolute atomic E-state index is 13.1. The fraction of sp³-hybridized carbons (Fsp3) is 0.818. The van der Waals surface area contributed by atoms with E-state index in [0.717, 1.165) is 41.6 Å². The van der Waals surface area contributed by atoms with Gasteiger partial charge in [-0.1, -0.05) is 25.1 Å². The lowest BCUT2D eigenvalue weighted by Gasteiger charge is -2.57. The lowest BCUT2D eigenvalue weighted by Crippen LogP contribution is -2.60. The molecule has 4 aliphatic rings. The van der Waals surface area contributed by atoms with Gasteiger partial charge in [-0.2, -0.15) is 0 Å². The molecule has 5 heteroatoms. The second kappa shape index (κ2) is 7.46. The quantitative estimate of drug-likeness (QED) is 0.677. The highest BCUT2D eigenvalue weighted by atomic mass is 32.2. The Bertz CT molecular complexity index is 675. The number of rotatable bonds is 7. The Hall–Kier alpha value is -0.970. The van der Waals surface area contributed by atoms with E-state index in [1.807, 2.05) is 6.92 Å². The summed E-state index contributed by atoms with van der Waals surface area (Å²) >= 11 is 1.63. The molecule has 4 nitrogen and oxygen atoms in total. The van der Waals surface area contributed by atoms with Crippen LogP contribution in [-0.2, 0) is 11.3 Å². The fourth-order valence-electron chi connectivity index (χ4n) is 6.13. The Kier molecular flexibility index (Phi) is 5.34. The Morgan fingerprint density at radius 3 is 2.37 bits per heavy atom. The van der Waals surface area contributed by atoms with Gasteiger partial charge in [0.05, 0.1) is 10.9 Å². The van der Waals surface area contributed by atoms with E-state index in [4.69, 9.17) is 4.98 Å². The molecule has 150 valence electrons. The number of thioether (sulfide) groups is 1. The molecule has 4 aliphatic carbocycles. The Morgan fingerprint density at radius 2 is 1.81 bits per heavy atom. The highest BCUT2D eigenvalue weighted by Crippen LogP contribution is 2.55. The SMILES string of the molecule is CCCCn1c(SC(C)C(=O)NC23CC4CC(CC(C4)C2)C3)nc(C)c1C. The molecule has 1 atom stereocenters. The molecule has 0 spiro atoms. The Balaban J connectivity index is 1.42. The molecule has 0 saturated heterocycles. The first kappa shape index (κ1) is 19.4. The lowest BCUT2D eigenvalue weighted by atomic mass is 9.53. The number of nitrogens with zero attached hydrogens (tertiary/aromatic N) is 2. The summed E-state index contributed by atoms with van der Waals surface area (Å²) in [6.07, 6.45) is 10.2. The molecule has 27 heavy (non-hydrogen) atoms. The van der Waals surface area contributed by atoms with Crippen LogP contribution in [-0.4, -0.2) is 26.2 Å². The topological polar surface area (TPSA) is 46.9 Å². The molecule has 0 aromatic carbocycles. The maximum Gasteiger partial charge on any atom is 0.233 e. The second-order valence-electron chi connectivity index (χ2n) is 9.52. The van der Waals surface area contributed by atoms with Crippen LogP contribution >= 0.6 is 11.8 Å². The van der Waals surface area contributed by atoms with Crippen molar-refractivity contribution in [2.75, 3.05) is 0 Å². The van der Waals surface area contributed by atoms with Gasteiger partial charge in [0.1, 0.15) is 0 Å². The van der Waals surface area contributed by atoms with Gasteiger partial charge in [-0.15, -0.1) is 0 Å². The van der Waals surface area contributed by atoms with E-state index >= 15 is 0 Å². The third-order valence-electron chi connectivity index (χ3n) is 7.24. The molecule has 4 saturated carbocycles. The first-order valence-electron chi connectivity index (χ1n) is 10.9. The summed E-state index contributed by atoms with van der Waals surface area (Å²) in [5, 5.41) is 4.44. The molecule has 0 radical (unpaired) electrons. The maximum atomic E-state index is 13.1. The number of hydrogen-bond donors (Lipinski definition) is 1. The molecule has 4 bridgehead atoms. The molecule has 1 amide bonds. The first-order chi connectivity index (χ1) is 12.9. The number of hydrogen-bond acceptors (Lipinski definition) is 3. The number of unbranched alkanes of at least 4 members (excludes halogenated alkanes) is 1. The fourth-order valence-corrected chi connectivity index (χ4v) is 7.16. The van der Waals surface area contributed by atoms with Crippen LogP contribution < -0.4 is 5.32 Å². The van der Waals surface area contributed by atoms with E-state index in [1.165, 1.54) is 50.6 Å². The van der Waals surface area contributed by atoms with Crippen molar-refractivity contribution in [1.29, 1.82) is 0 Å². The minimum atomic E-state index is -0.0976. The standard InChI is InChI=1S/C22H35N3OS/c1-5-6-7-25-15(3)14(2)23-21(25)27-16(4)20(26)24-22-11-17-8-18(12-22)10-19(9-17)13-22/h16-19H,5-13H2,1-4H3,(H,24,26). The summed E-state index contributed by atoms with van der Waals surface area (Å²) in [6.45, 7) is 9.47. The number of aryl methyl sites for hydroxylation is 1. The first-order valence-corrected chi connectivity index (χ1v) is 11.8. The number of amides is 1. The van der Waals surface area contributed by atoms with Crippen molar-refractivity contribution in [2.45, 2.75) is 102 Å². The molecule has 1 N–H and O–H groups in total. The zero-order valence-electron chi connectivity index (χ0n) is 17.4.